The molecular weight excluding hydrogens is 550 g/mol. The zero-order chi connectivity index (χ0) is 29.1. The number of fused-ring (bicyclic) bond motifs is 2. The molecule has 5 aromatic rings. The van der Waals surface area contributed by atoms with Gasteiger partial charge in [-0.2, -0.15) is 0 Å². The van der Waals surface area contributed by atoms with Gasteiger partial charge in [-0.3, -0.25) is 9.59 Å². The average Bonchev–Trinajstić information content (AvgIpc) is 3.53. The van der Waals surface area contributed by atoms with E-state index in [-0.39, 0.29) is 23.7 Å². The molecule has 2 bridgehead atoms. The number of amides is 2. The summed E-state index contributed by atoms with van der Waals surface area (Å²) in [6, 6.07) is 33.0. The smallest absolute Gasteiger partial charge is 0.258 e. The number of aromatic nitrogens is 1. The Morgan fingerprint density at radius 1 is 0.884 bits per heavy atom. The Labute approximate surface area is 255 Å². The first-order valence-corrected chi connectivity index (χ1v) is 15.8. The van der Waals surface area contributed by atoms with E-state index in [4.69, 9.17) is 4.98 Å². The van der Waals surface area contributed by atoms with Gasteiger partial charge in [0.15, 0.2) is 5.13 Å². The van der Waals surface area contributed by atoms with Gasteiger partial charge in [0.1, 0.15) is 0 Å². The Balaban J connectivity index is 1.05. The number of hydrogen-bond acceptors (Lipinski definition) is 4. The first-order chi connectivity index (χ1) is 21.0. The molecule has 6 heteroatoms. The van der Waals surface area contributed by atoms with Gasteiger partial charge in [-0.15, -0.1) is 11.3 Å². The van der Waals surface area contributed by atoms with Crippen LogP contribution in [0.15, 0.2) is 102 Å². The topological polar surface area (TPSA) is 62.3 Å². The lowest BCUT2D eigenvalue weighted by atomic mass is 9.52. The zero-order valence-corrected chi connectivity index (χ0v) is 24.7. The number of nitrogens with one attached hydrogen (secondary N) is 1. The lowest BCUT2D eigenvalue weighted by Crippen LogP contribution is -2.47. The van der Waals surface area contributed by atoms with Crippen molar-refractivity contribution in [3.8, 4) is 11.3 Å². The van der Waals surface area contributed by atoms with Crippen LogP contribution in [0.3, 0.4) is 0 Å². The summed E-state index contributed by atoms with van der Waals surface area (Å²) in [5, 5.41) is 5.71. The fourth-order valence-electron chi connectivity index (χ4n) is 7.60. The number of rotatable bonds is 4. The summed E-state index contributed by atoms with van der Waals surface area (Å²) in [7, 11) is 0. The summed E-state index contributed by atoms with van der Waals surface area (Å²) in [6.45, 7) is 2.82. The molecule has 9 rings (SSSR count). The normalized spacial score (nSPS) is 21.5. The molecule has 212 valence electrons. The summed E-state index contributed by atoms with van der Waals surface area (Å²) in [6.07, 6.45) is 2.71. The van der Waals surface area contributed by atoms with Crippen molar-refractivity contribution >= 4 is 34.0 Å². The third-order valence-electron chi connectivity index (χ3n) is 9.63. The van der Waals surface area contributed by atoms with E-state index < -0.39 is 5.41 Å². The second-order valence-electron chi connectivity index (χ2n) is 12.1. The van der Waals surface area contributed by atoms with Crippen molar-refractivity contribution in [2.45, 2.75) is 38.0 Å². The molecule has 0 fully saturated rings. The maximum Gasteiger partial charge on any atom is 0.258 e. The summed E-state index contributed by atoms with van der Waals surface area (Å²) < 4.78 is 0. The van der Waals surface area contributed by atoms with E-state index in [0.29, 0.717) is 17.2 Å². The van der Waals surface area contributed by atoms with Crippen LogP contribution in [0.2, 0.25) is 0 Å². The third-order valence-corrected chi connectivity index (χ3v) is 10.4. The number of carbonyl (C=O) groups is 2. The summed E-state index contributed by atoms with van der Waals surface area (Å²) >= 11 is 1.42. The fraction of sp³-hybridized carbons (Fsp3) is 0.216. The highest BCUT2D eigenvalue weighted by Crippen LogP contribution is 2.61. The van der Waals surface area contributed by atoms with E-state index in [2.05, 4.69) is 66.8 Å². The van der Waals surface area contributed by atoms with Gasteiger partial charge in [0.05, 0.1) is 11.1 Å². The van der Waals surface area contributed by atoms with Crippen LogP contribution in [0.25, 0.3) is 11.3 Å². The van der Waals surface area contributed by atoms with Crippen molar-refractivity contribution in [3.63, 3.8) is 0 Å². The van der Waals surface area contributed by atoms with Gasteiger partial charge >= 0.3 is 0 Å². The molecule has 1 aliphatic heterocycles. The molecule has 0 spiro atoms. The molecule has 1 atom stereocenters. The number of anilines is 2. The summed E-state index contributed by atoms with van der Waals surface area (Å²) in [5.74, 6) is 0.192. The van der Waals surface area contributed by atoms with Crippen LogP contribution in [0, 0.1) is 5.41 Å². The first-order valence-electron chi connectivity index (χ1n) is 15.0. The van der Waals surface area contributed by atoms with Crippen LogP contribution in [0.4, 0.5) is 10.8 Å². The minimum Gasteiger partial charge on any atom is -0.308 e. The van der Waals surface area contributed by atoms with Gasteiger partial charge in [0.25, 0.3) is 5.91 Å². The standard InChI is InChI=1S/C37H31N3O2S/c1-37(21-30-26-14-3-5-16-28(26)33(37)29-17-6-4-15-27(29)30)35(42)39-36-38-31(22-43-36)24-11-8-12-25(20-24)34(41)40-19-9-13-23-10-2-7-18-32(23)40/h2-8,10-12,14-18,20,22,30,33H,9,13,19,21H2,1H3,(H,38,39,42). The largest absolute Gasteiger partial charge is 0.308 e. The minimum absolute atomic E-state index is 0.0000911. The first kappa shape index (κ1) is 26.1. The van der Waals surface area contributed by atoms with E-state index in [1.165, 1.54) is 39.2 Å². The molecule has 4 aromatic carbocycles. The quantitative estimate of drug-likeness (QED) is 0.234. The Kier molecular flexibility index (Phi) is 6.09. The molecule has 43 heavy (non-hydrogen) atoms. The van der Waals surface area contributed by atoms with Crippen molar-refractivity contribution in [2.24, 2.45) is 5.41 Å². The van der Waals surface area contributed by atoms with E-state index in [9.17, 15) is 9.59 Å². The van der Waals surface area contributed by atoms with Gasteiger partial charge in [0, 0.05) is 40.6 Å². The lowest BCUT2D eigenvalue weighted by Gasteiger charge is -2.50. The second-order valence-corrected chi connectivity index (χ2v) is 13.0. The Morgan fingerprint density at radius 3 is 2.35 bits per heavy atom. The number of hydrogen-bond donors (Lipinski definition) is 1. The third kappa shape index (κ3) is 4.15. The number of para-hydroxylation sites is 1. The predicted molar refractivity (Wildman–Crippen MR) is 172 cm³/mol. The monoisotopic (exact) mass is 581 g/mol. The highest BCUT2D eigenvalue weighted by atomic mass is 32.1. The lowest BCUT2D eigenvalue weighted by molar-refractivity contribution is -0.126. The van der Waals surface area contributed by atoms with Crippen molar-refractivity contribution in [3.05, 3.63) is 136 Å². The number of thiazole rings is 1. The molecule has 4 aliphatic rings. The summed E-state index contributed by atoms with van der Waals surface area (Å²) in [4.78, 5) is 34.4. The molecule has 2 amide bonds. The van der Waals surface area contributed by atoms with Crippen LogP contribution in [-0.4, -0.2) is 23.3 Å². The minimum atomic E-state index is -0.601. The van der Waals surface area contributed by atoms with E-state index in [1.807, 2.05) is 52.7 Å². The van der Waals surface area contributed by atoms with E-state index in [0.717, 1.165) is 36.2 Å². The van der Waals surface area contributed by atoms with Crippen LogP contribution in [0.1, 0.15) is 69.8 Å². The molecule has 5 nitrogen and oxygen atoms in total. The van der Waals surface area contributed by atoms with Gasteiger partial charge < -0.3 is 10.2 Å². The fourth-order valence-corrected chi connectivity index (χ4v) is 8.32. The molecule has 1 unspecified atom stereocenters. The van der Waals surface area contributed by atoms with Gasteiger partial charge in [-0.05, 0) is 72.2 Å². The van der Waals surface area contributed by atoms with Crippen LogP contribution in [0.5, 0.6) is 0 Å². The van der Waals surface area contributed by atoms with Crippen LogP contribution < -0.4 is 10.2 Å². The van der Waals surface area contributed by atoms with Crippen molar-refractivity contribution < 1.29 is 9.59 Å². The maximum absolute atomic E-state index is 14.1. The molecule has 0 saturated heterocycles. The Hall–Kier alpha value is -4.55. The Bertz CT molecular complexity index is 1860. The predicted octanol–water partition coefficient (Wildman–Crippen LogP) is 8.03. The van der Waals surface area contributed by atoms with Crippen LogP contribution in [-0.2, 0) is 11.2 Å². The number of aryl methyl sites for hydroxylation is 1. The zero-order valence-electron chi connectivity index (χ0n) is 23.9. The van der Waals surface area contributed by atoms with Crippen molar-refractivity contribution in [1.29, 1.82) is 0 Å². The highest BCUT2D eigenvalue weighted by molar-refractivity contribution is 7.14. The number of nitrogens with zero attached hydrogens (tertiary/aromatic N) is 2. The SMILES string of the molecule is CC1(C(=O)Nc2nc(-c3cccc(C(=O)N4CCCc5ccccc54)c3)cs2)CC2c3ccccc3C1c1ccccc12. The van der Waals surface area contributed by atoms with Gasteiger partial charge in [-0.1, -0.05) is 78.9 Å². The second kappa shape index (κ2) is 10.0. The highest BCUT2D eigenvalue weighted by Gasteiger charge is 2.54. The van der Waals surface area contributed by atoms with Crippen molar-refractivity contribution in [1.82, 2.24) is 4.98 Å². The summed E-state index contributed by atoms with van der Waals surface area (Å²) in [5.41, 5.74) is 9.06. The maximum atomic E-state index is 14.1. The molecular formula is C37H31N3O2S. The molecule has 3 aliphatic carbocycles. The number of benzene rings is 4. The van der Waals surface area contributed by atoms with Crippen molar-refractivity contribution in [2.75, 3.05) is 16.8 Å². The van der Waals surface area contributed by atoms with E-state index in [1.54, 1.807) is 0 Å². The average molecular weight is 582 g/mol. The molecule has 1 N–H and O–H groups in total. The van der Waals surface area contributed by atoms with E-state index >= 15 is 0 Å². The van der Waals surface area contributed by atoms with Gasteiger partial charge in [-0.25, -0.2) is 4.98 Å². The van der Waals surface area contributed by atoms with Gasteiger partial charge in [0.2, 0.25) is 5.91 Å². The molecule has 0 radical (unpaired) electrons. The molecule has 2 heterocycles. The number of carbonyl (C=O) groups excluding carboxylic acids is 2. The Morgan fingerprint density at radius 2 is 1.58 bits per heavy atom. The van der Waals surface area contributed by atoms with Crippen LogP contribution >= 0.6 is 11.3 Å². The molecule has 1 aromatic heterocycles. The molecule has 0 saturated carbocycles.